The molecule has 0 aromatic rings. The van der Waals surface area contributed by atoms with Gasteiger partial charge in [0.15, 0.2) is 0 Å². The normalized spacial score (nSPS) is 48.0. The first kappa shape index (κ1) is 25.5. The van der Waals surface area contributed by atoms with Gasteiger partial charge in [0.1, 0.15) is 5.60 Å². The number of esters is 1. The number of hydrogen-bond donors (Lipinski definition) is 2. The highest BCUT2D eigenvalue weighted by Gasteiger charge is 2.69. The summed E-state index contributed by atoms with van der Waals surface area (Å²) in [6, 6.07) is 0. The first-order chi connectivity index (χ1) is 15.4. The van der Waals surface area contributed by atoms with Gasteiger partial charge in [-0.3, -0.25) is 4.79 Å². The van der Waals surface area contributed by atoms with Crippen LogP contribution >= 0.6 is 0 Å². The van der Waals surface area contributed by atoms with Gasteiger partial charge in [-0.1, -0.05) is 53.9 Å². The molecular formula is C29H50O4. The van der Waals surface area contributed by atoms with Crippen LogP contribution in [0, 0.1) is 46.3 Å². The first-order valence-corrected chi connectivity index (χ1v) is 14.0. The molecular weight excluding hydrogens is 412 g/mol. The maximum Gasteiger partial charge on any atom is 0.303 e. The Morgan fingerprint density at radius 2 is 1.73 bits per heavy atom. The van der Waals surface area contributed by atoms with Gasteiger partial charge in [0.05, 0.1) is 12.2 Å². The van der Waals surface area contributed by atoms with E-state index >= 15 is 0 Å². The number of carbonyl (C=O) groups excluding carboxylic acids is 1. The molecule has 10 atom stereocenters. The minimum atomic E-state index is -0.937. The molecule has 4 fully saturated rings. The predicted molar refractivity (Wildman–Crippen MR) is 131 cm³/mol. The fourth-order valence-electron chi connectivity index (χ4n) is 9.74. The zero-order chi connectivity index (χ0) is 24.2. The molecule has 0 amide bonds. The van der Waals surface area contributed by atoms with Crippen molar-refractivity contribution in [2.75, 3.05) is 0 Å². The van der Waals surface area contributed by atoms with Gasteiger partial charge >= 0.3 is 5.97 Å². The summed E-state index contributed by atoms with van der Waals surface area (Å²) in [6.45, 7) is 13.4. The van der Waals surface area contributed by atoms with Crippen LogP contribution in [-0.2, 0) is 9.53 Å². The van der Waals surface area contributed by atoms with Gasteiger partial charge in [-0.05, 0) is 85.9 Å². The van der Waals surface area contributed by atoms with E-state index in [1.807, 2.05) is 0 Å². The largest absolute Gasteiger partial charge is 0.456 e. The van der Waals surface area contributed by atoms with Gasteiger partial charge in [0.2, 0.25) is 0 Å². The third-order valence-electron chi connectivity index (χ3n) is 11.3. The molecule has 0 heterocycles. The monoisotopic (exact) mass is 462 g/mol. The minimum absolute atomic E-state index is 0.261. The fraction of sp³-hybridized carbons (Fsp3) is 0.966. The Kier molecular flexibility index (Phi) is 7.04. The van der Waals surface area contributed by atoms with Crippen LogP contribution in [0.15, 0.2) is 0 Å². The third-order valence-corrected chi connectivity index (χ3v) is 11.3. The van der Waals surface area contributed by atoms with E-state index in [2.05, 4.69) is 34.6 Å². The van der Waals surface area contributed by atoms with Crippen LogP contribution in [0.1, 0.15) is 112 Å². The third kappa shape index (κ3) is 4.09. The molecule has 0 spiro atoms. The second-order valence-corrected chi connectivity index (χ2v) is 13.5. The lowest BCUT2D eigenvalue weighted by Crippen LogP contribution is -2.70. The van der Waals surface area contributed by atoms with Gasteiger partial charge in [0, 0.05) is 18.8 Å². The van der Waals surface area contributed by atoms with E-state index < -0.39 is 17.8 Å². The number of ether oxygens (including phenoxy) is 1. The van der Waals surface area contributed by atoms with Crippen LogP contribution < -0.4 is 0 Å². The molecule has 0 unspecified atom stereocenters. The standard InChI is InChI=1S/C29H50O4/c1-18(2)8-7-9-19(3)23-10-11-24-22-16-26(32)29(33-20(4)30)17-21(31)12-15-28(29,6)25(22)13-14-27(23,24)5/h18-19,21-26,31-32H,7-17H2,1-6H3/t19-,21-,22+,23-,24+,25+,26-,27-,28-,29+/m1/s1. The molecule has 2 N–H and O–H groups in total. The SMILES string of the molecule is CC(=O)O[C@]12C[C@H](O)CC[C@]1(C)[C@H]1CC[C@]3(C)[C@@H]([C@H](C)CCCC(C)C)CC[C@H]3[C@@H]1C[C@H]2O. The van der Waals surface area contributed by atoms with Crippen molar-refractivity contribution >= 4 is 5.97 Å². The van der Waals surface area contributed by atoms with Gasteiger partial charge in [-0.2, -0.15) is 0 Å². The van der Waals surface area contributed by atoms with E-state index in [-0.39, 0.29) is 11.4 Å². The summed E-state index contributed by atoms with van der Waals surface area (Å²) in [6.07, 6.45) is 10.5. The second kappa shape index (κ2) is 9.12. The number of carbonyl (C=O) groups is 1. The van der Waals surface area contributed by atoms with E-state index in [1.54, 1.807) is 0 Å². The number of aliphatic hydroxyl groups excluding tert-OH is 2. The summed E-state index contributed by atoms with van der Waals surface area (Å²) in [5.41, 5.74) is -0.833. The maximum atomic E-state index is 12.2. The van der Waals surface area contributed by atoms with E-state index in [4.69, 9.17) is 4.74 Å². The Morgan fingerprint density at radius 1 is 1.00 bits per heavy atom. The quantitative estimate of drug-likeness (QED) is 0.466. The van der Waals surface area contributed by atoms with Crippen LogP contribution in [0.3, 0.4) is 0 Å². The van der Waals surface area contributed by atoms with E-state index in [9.17, 15) is 15.0 Å². The van der Waals surface area contributed by atoms with Crippen LogP contribution in [0.25, 0.3) is 0 Å². The summed E-state index contributed by atoms with van der Waals surface area (Å²) >= 11 is 0. The molecule has 4 aliphatic carbocycles. The molecule has 0 saturated heterocycles. The van der Waals surface area contributed by atoms with E-state index in [0.29, 0.717) is 29.6 Å². The lowest BCUT2D eigenvalue weighted by molar-refractivity contribution is -0.274. The fourth-order valence-corrected chi connectivity index (χ4v) is 9.74. The molecule has 4 heteroatoms. The van der Waals surface area contributed by atoms with Crippen LogP contribution in [0.5, 0.6) is 0 Å². The predicted octanol–water partition coefficient (Wildman–Crippen LogP) is 6.13. The van der Waals surface area contributed by atoms with Crippen molar-refractivity contribution in [1.82, 2.24) is 0 Å². The van der Waals surface area contributed by atoms with Crippen LogP contribution in [0.2, 0.25) is 0 Å². The molecule has 4 rings (SSSR count). The molecule has 4 aliphatic rings. The highest BCUT2D eigenvalue weighted by molar-refractivity contribution is 5.67. The van der Waals surface area contributed by atoms with Crippen molar-refractivity contribution in [2.24, 2.45) is 46.3 Å². The average Bonchev–Trinajstić information content (AvgIpc) is 3.07. The van der Waals surface area contributed by atoms with Gasteiger partial charge in [-0.25, -0.2) is 0 Å². The molecule has 0 aromatic carbocycles. The molecule has 0 radical (unpaired) electrons. The van der Waals surface area contributed by atoms with Gasteiger partial charge in [-0.15, -0.1) is 0 Å². The Labute approximate surface area is 202 Å². The number of rotatable bonds is 6. The van der Waals surface area contributed by atoms with E-state index in [0.717, 1.165) is 43.4 Å². The summed E-state index contributed by atoms with van der Waals surface area (Å²) in [4.78, 5) is 12.2. The molecule has 0 bridgehead atoms. The summed E-state index contributed by atoms with van der Waals surface area (Å²) in [5, 5.41) is 22.1. The van der Waals surface area contributed by atoms with E-state index in [1.165, 1.54) is 45.4 Å². The lowest BCUT2D eigenvalue weighted by Gasteiger charge is -2.66. The Hall–Kier alpha value is -0.610. The minimum Gasteiger partial charge on any atom is -0.456 e. The summed E-state index contributed by atoms with van der Waals surface area (Å²) < 4.78 is 6.03. The lowest BCUT2D eigenvalue weighted by atomic mass is 9.42. The van der Waals surface area contributed by atoms with Gasteiger partial charge < -0.3 is 14.9 Å². The summed E-state index contributed by atoms with van der Waals surface area (Å²) in [5.74, 6) is 3.62. The molecule has 190 valence electrons. The van der Waals surface area contributed by atoms with Crippen molar-refractivity contribution in [3.05, 3.63) is 0 Å². The summed E-state index contributed by atoms with van der Waals surface area (Å²) in [7, 11) is 0. The topological polar surface area (TPSA) is 66.8 Å². The average molecular weight is 463 g/mol. The zero-order valence-corrected chi connectivity index (χ0v) is 22.1. The second-order valence-electron chi connectivity index (χ2n) is 13.5. The van der Waals surface area contributed by atoms with Crippen molar-refractivity contribution < 1.29 is 19.7 Å². The van der Waals surface area contributed by atoms with Crippen molar-refractivity contribution in [3.8, 4) is 0 Å². The Balaban J connectivity index is 1.58. The molecule has 0 aromatic heterocycles. The Morgan fingerprint density at radius 3 is 2.39 bits per heavy atom. The number of fused-ring (bicyclic) bond motifs is 5. The Bertz CT molecular complexity index is 720. The van der Waals surface area contributed by atoms with Crippen molar-refractivity contribution in [1.29, 1.82) is 0 Å². The van der Waals surface area contributed by atoms with Crippen molar-refractivity contribution in [2.45, 2.75) is 130 Å². The zero-order valence-electron chi connectivity index (χ0n) is 22.1. The smallest absolute Gasteiger partial charge is 0.303 e. The molecule has 4 nitrogen and oxygen atoms in total. The van der Waals surface area contributed by atoms with Gasteiger partial charge in [0.25, 0.3) is 0 Å². The number of hydrogen-bond acceptors (Lipinski definition) is 4. The highest BCUT2D eigenvalue weighted by atomic mass is 16.6. The molecule has 4 saturated carbocycles. The van der Waals surface area contributed by atoms with Crippen LogP contribution in [-0.4, -0.2) is 34.0 Å². The highest BCUT2D eigenvalue weighted by Crippen LogP contribution is 2.69. The molecule has 33 heavy (non-hydrogen) atoms. The first-order valence-electron chi connectivity index (χ1n) is 14.0. The molecule has 0 aliphatic heterocycles. The van der Waals surface area contributed by atoms with Crippen molar-refractivity contribution in [3.63, 3.8) is 0 Å². The van der Waals surface area contributed by atoms with Crippen LogP contribution in [0.4, 0.5) is 0 Å². The maximum absolute atomic E-state index is 12.2. The number of aliphatic hydroxyl groups is 2.